The van der Waals surface area contributed by atoms with Crippen LogP contribution in [0.1, 0.15) is 37.8 Å². The van der Waals surface area contributed by atoms with Crippen molar-refractivity contribution in [3.05, 3.63) is 69.7 Å². The number of nitrogens with zero attached hydrogens (tertiary/aromatic N) is 1. The molecule has 0 saturated carbocycles. The van der Waals surface area contributed by atoms with Crippen molar-refractivity contribution in [2.24, 2.45) is 0 Å². The van der Waals surface area contributed by atoms with Crippen molar-refractivity contribution in [2.45, 2.75) is 44.2 Å². The fourth-order valence-electron chi connectivity index (χ4n) is 4.02. The zero-order chi connectivity index (χ0) is 21.2. The summed E-state index contributed by atoms with van der Waals surface area (Å²) in [7, 11) is 1.83. The van der Waals surface area contributed by atoms with Crippen LogP contribution in [0.25, 0.3) is 0 Å². The first-order valence-corrected chi connectivity index (χ1v) is 10.5. The van der Waals surface area contributed by atoms with E-state index in [0.717, 1.165) is 17.7 Å². The number of amides is 1. The lowest BCUT2D eigenvalue weighted by molar-refractivity contribution is 0.00512. The fourth-order valence-corrected chi connectivity index (χ4v) is 4.33. The number of hydrogen-bond acceptors (Lipinski definition) is 3. The van der Waals surface area contributed by atoms with Crippen LogP contribution in [0.3, 0.4) is 0 Å². The lowest BCUT2D eigenvalue weighted by atomic mass is 9.76. The van der Waals surface area contributed by atoms with Crippen LogP contribution in [-0.2, 0) is 11.2 Å². The van der Waals surface area contributed by atoms with Crippen molar-refractivity contribution in [1.82, 2.24) is 10.2 Å². The predicted octanol–water partition coefficient (Wildman–Crippen LogP) is 5.53. The number of halogens is 2. The molecule has 0 bridgehead atoms. The average molecular weight is 435 g/mol. The van der Waals surface area contributed by atoms with E-state index in [4.69, 9.17) is 27.9 Å². The molecular formula is C23H28Cl2N2O2. The van der Waals surface area contributed by atoms with Crippen molar-refractivity contribution in [3.63, 3.8) is 0 Å². The highest BCUT2D eigenvalue weighted by Gasteiger charge is 2.49. The molecular weight excluding hydrogens is 407 g/mol. The van der Waals surface area contributed by atoms with Crippen molar-refractivity contribution in [2.75, 3.05) is 20.1 Å². The monoisotopic (exact) mass is 434 g/mol. The highest BCUT2D eigenvalue weighted by molar-refractivity contribution is 6.42. The number of ether oxygens (including phenoxy) is 1. The van der Waals surface area contributed by atoms with Gasteiger partial charge in [0.05, 0.1) is 15.6 Å². The van der Waals surface area contributed by atoms with Crippen LogP contribution in [-0.4, -0.2) is 42.3 Å². The minimum absolute atomic E-state index is 0.0370. The van der Waals surface area contributed by atoms with E-state index >= 15 is 0 Å². The van der Waals surface area contributed by atoms with E-state index in [1.807, 2.05) is 64.2 Å². The molecule has 1 fully saturated rings. The number of benzene rings is 2. The summed E-state index contributed by atoms with van der Waals surface area (Å²) in [6.45, 7) is 7.03. The first-order valence-electron chi connectivity index (χ1n) is 9.79. The second-order valence-electron chi connectivity index (χ2n) is 8.66. The number of carbonyl (C=O) groups excluding carboxylic acids is 1. The number of hydrogen-bond donors (Lipinski definition) is 1. The smallest absolute Gasteiger partial charge is 0.410 e. The van der Waals surface area contributed by atoms with Crippen LogP contribution < -0.4 is 5.32 Å². The lowest BCUT2D eigenvalue weighted by Gasteiger charge is -2.43. The molecule has 2 atom stereocenters. The largest absolute Gasteiger partial charge is 0.444 e. The Morgan fingerprint density at radius 1 is 1.17 bits per heavy atom. The molecule has 1 saturated heterocycles. The Morgan fingerprint density at radius 2 is 1.86 bits per heavy atom. The molecule has 0 spiro atoms. The molecule has 0 aliphatic carbocycles. The summed E-state index contributed by atoms with van der Waals surface area (Å²) in [5.74, 6) is 0.0370. The van der Waals surface area contributed by atoms with Gasteiger partial charge in [-0.3, -0.25) is 0 Å². The maximum Gasteiger partial charge on any atom is 0.410 e. The highest BCUT2D eigenvalue weighted by atomic mass is 35.5. The van der Waals surface area contributed by atoms with Crippen LogP contribution in [0.15, 0.2) is 48.5 Å². The average Bonchev–Trinajstić information content (AvgIpc) is 3.07. The minimum Gasteiger partial charge on any atom is -0.444 e. The van der Waals surface area contributed by atoms with Crippen molar-refractivity contribution >= 4 is 29.3 Å². The van der Waals surface area contributed by atoms with Crippen LogP contribution in [0.4, 0.5) is 4.79 Å². The fraction of sp³-hybridized carbons (Fsp3) is 0.435. The Kier molecular flexibility index (Phi) is 6.47. The molecule has 156 valence electrons. The van der Waals surface area contributed by atoms with E-state index in [9.17, 15) is 4.79 Å². The molecule has 2 aromatic carbocycles. The first kappa shape index (κ1) is 21.9. The molecule has 1 N–H and O–H groups in total. The van der Waals surface area contributed by atoms with Crippen LogP contribution in [0.5, 0.6) is 0 Å². The van der Waals surface area contributed by atoms with Crippen molar-refractivity contribution in [1.29, 1.82) is 0 Å². The molecule has 6 heteroatoms. The molecule has 1 heterocycles. The molecule has 1 aliphatic heterocycles. The van der Waals surface area contributed by atoms with E-state index in [1.54, 1.807) is 4.90 Å². The highest BCUT2D eigenvalue weighted by Crippen LogP contribution is 2.41. The quantitative estimate of drug-likeness (QED) is 0.687. The number of likely N-dealkylation sites (N-methyl/N-ethyl adjacent to an activating group) is 1. The molecule has 1 aliphatic rings. The molecule has 0 radical (unpaired) electrons. The predicted molar refractivity (Wildman–Crippen MR) is 119 cm³/mol. The topological polar surface area (TPSA) is 41.6 Å². The number of rotatable bonds is 4. The molecule has 3 rings (SSSR count). The molecule has 1 amide bonds. The number of nitrogens with one attached hydrogen (secondary N) is 1. The Bertz CT molecular complexity index is 867. The molecule has 4 nitrogen and oxygen atoms in total. The van der Waals surface area contributed by atoms with Crippen LogP contribution in [0, 0.1) is 0 Å². The van der Waals surface area contributed by atoms with Crippen molar-refractivity contribution < 1.29 is 9.53 Å². The van der Waals surface area contributed by atoms with Gasteiger partial charge in [0.1, 0.15) is 5.60 Å². The molecule has 0 unspecified atom stereocenters. The number of carbonyl (C=O) groups is 1. The van der Waals surface area contributed by atoms with Gasteiger partial charge in [-0.15, -0.1) is 0 Å². The standard InChI is InChI=1S/C23H28Cl2N2O2/c1-22(2,3)29-21(28)27(4)23(13-16-8-6-5-7-9-16)15-26-14-18(23)17-10-11-19(24)20(25)12-17/h5-12,18,26H,13-15H2,1-4H3/t18-,23+/m0/s1. The maximum atomic E-state index is 13.1. The lowest BCUT2D eigenvalue weighted by Crippen LogP contribution is -2.56. The van der Waals surface area contributed by atoms with E-state index < -0.39 is 11.1 Å². The third-order valence-corrected chi connectivity index (χ3v) is 6.20. The Labute approximate surface area is 183 Å². The summed E-state index contributed by atoms with van der Waals surface area (Å²) in [5.41, 5.74) is 1.15. The summed E-state index contributed by atoms with van der Waals surface area (Å²) in [4.78, 5) is 14.8. The Hall–Kier alpha value is -1.75. The normalized spacial score (nSPS) is 21.8. The van der Waals surface area contributed by atoms with Crippen molar-refractivity contribution in [3.8, 4) is 0 Å². The van der Waals surface area contributed by atoms with E-state index in [0.29, 0.717) is 23.0 Å². The van der Waals surface area contributed by atoms with E-state index in [1.165, 1.54) is 0 Å². The van der Waals surface area contributed by atoms with Gasteiger partial charge < -0.3 is 15.0 Å². The Morgan fingerprint density at radius 3 is 2.48 bits per heavy atom. The van der Waals surface area contributed by atoms with Gasteiger partial charge in [0.2, 0.25) is 0 Å². The van der Waals surface area contributed by atoms with Gasteiger partial charge in [0.25, 0.3) is 0 Å². The van der Waals surface area contributed by atoms with Gasteiger partial charge in [0.15, 0.2) is 0 Å². The van der Waals surface area contributed by atoms with Crippen LogP contribution in [0.2, 0.25) is 10.0 Å². The molecule has 0 aromatic heterocycles. The first-order chi connectivity index (χ1) is 13.6. The summed E-state index contributed by atoms with van der Waals surface area (Å²) >= 11 is 12.5. The SMILES string of the molecule is CN(C(=O)OC(C)(C)C)[C@]1(Cc2ccccc2)CNC[C@H]1c1ccc(Cl)c(Cl)c1. The summed E-state index contributed by atoms with van der Waals surface area (Å²) < 4.78 is 5.71. The summed E-state index contributed by atoms with van der Waals surface area (Å²) in [6, 6.07) is 15.9. The summed E-state index contributed by atoms with van der Waals surface area (Å²) in [5, 5.41) is 4.53. The summed E-state index contributed by atoms with van der Waals surface area (Å²) in [6.07, 6.45) is 0.365. The van der Waals surface area contributed by atoms with Crippen LogP contribution >= 0.6 is 23.2 Å². The van der Waals surface area contributed by atoms with Gasteiger partial charge in [-0.05, 0) is 50.5 Å². The third-order valence-electron chi connectivity index (χ3n) is 5.46. The van der Waals surface area contributed by atoms with Gasteiger partial charge >= 0.3 is 6.09 Å². The van der Waals surface area contributed by atoms with Gasteiger partial charge in [0, 0.05) is 26.1 Å². The van der Waals surface area contributed by atoms with Gasteiger partial charge in [-0.25, -0.2) is 4.79 Å². The van der Waals surface area contributed by atoms with E-state index in [2.05, 4.69) is 17.4 Å². The third kappa shape index (κ3) is 4.88. The Balaban J connectivity index is 2.03. The minimum atomic E-state index is -0.565. The van der Waals surface area contributed by atoms with Gasteiger partial charge in [-0.1, -0.05) is 59.6 Å². The van der Waals surface area contributed by atoms with Gasteiger partial charge in [-0.2, -0.15) is 0 Å². The maximum absolute atomic E-state index is 13.1. The molecule has 2 aromatic rings. The molecule has 29 heavy (non-hydrogen) atoms. The second kappa shape index (κ2) is 8.55. The zero-order valence-electron chi connectivity index (χ0n) is 17.3. The second-order valence-corrected chi connectivity index (χ2v) is 9.48. The van der Waals surface area contributed by atoms with E-state index in [-0.39, 0.29) is 12.0 Å². The zero-order valence-corrected chi connectivity index (χ0v) is 18.8.